The van der Waals surface area contributed by atoms with Crippen molar-refractivity contribution >= 4 is 17.3 Å². The Balaban J connectivity index is 2.11. The van der Waals surface area contributed by atoms with Gasteiger partial charge in [-0.05, 0) is 38.0 Å². The molecule has 16 heavy (non-hydrogen) atoms. The highest BCUT2D eigenvalue weighted by Gasteiger charge is 2.21. The summed E-state index contributed by atoms with van der Waals surface area (Å²) in [5.74, 6) is -0.327. The van der Waals surface area contributed by atoms with Crippen molar-refractivity contribution in [2.75, 3.05) is 17.7 Å². The SMILES string of the molecule is CCOC(=O)c1ccc(NC2CC2)c(N)c1. The number of nitrogens with one attached hydrogen (secondary N) is 1. The molecule has 0 unspecified atom stereocenters. The highest BCUT2D eigenvalue weighted by Crippen LogP contribution is 2.28. The van der Waals surface area contributed by atoms with E-state index in [1.165, 1.54) is 12.8 Å². The summed E-state index contributed by atoms with van der Waals surface area (Å²) in [5, 5.41) is 3.31. The number of nitrogens with two attached hydrogens (primary N) is 1. The van der Waals surface area contributed by atoms with E-state index in [2.05, 4.69) is 5.32 Å². The lowest BCUT2D eigenvalue weighted by Gasteiger charge is -2.09. The number of hydrogen-bond donors (Lipinski definition) is 2. The van der Waals surface area contributed by atoms with E-state index >= 15 is 0 Å². The van der Waals surface area contributed by atoms with Crippen LogP contribution in [0.3, 0.4) is 0 Å². The number of benzene rings is 1. The quantitative estimate of drug-likeness (QED) is 0.602. The highest BCUT2D eigenvalue weighted by atomic mass is 16.5. The zero-order valence-corrected chi connectivity index (χ0v) is 9.32. The first-order valence-corrected chi connectivity index (χ1v) is 5.54. The lowest BCUT2D eigenvalue weighted by molar-refractivity contribution is 0.0526. The predicted molar refractivity (Wildman–Crippen MR) is 63.5 cm³/mol. The standard InChI is InChI=1S/C12H16N2O2/c1-2-16-12(15)8-3-6-11(10(13)7-8)14-9-4-5-9/h3,6-7,9,14H,2,4-5,13H2,1H3. The summed E-state index contributed by atoms with van der Waals surface area (Å²) >= 11 is 0. The normalized spacial score (nSPS) is 14.6. The second kappa shape index (κ2) is 4.43. The maximum atomic E-state index is 11.4. The van der Waals surface area contributed by atoms with Crippen molar-refractivity contribution in [3.05, 3.63) is 23.8 Å². The van der Waals surface area contributed by atoms with Crippen LogP contribution in [-0.2, 0) is 4.74 Å². The van der Waals surface area contributed by atoms with Gasteiger partial charge in [-0.1, -0.05) is 0 Å². The number of hydrogen-bond acceptors (Lipinski definition) is 4. The predicted octanol–water partition coefficient (Wildman–Crippen LogP) is 2.02. The van der Waals surface area contributed by atoms with Crippen LogP contribution in [0.1, 0.15) is 30.1 Å². The van der Waals surface area contributed by atoms with E-state index in [0.717, 1.165) is 5.69 Å². The van der Waals surface area contributed by atoms with Crippen molar-refractivity contribution in [1.82, 2.24) is 0 Å². The summed E-state index contributed by atoms with van der Waals surface area (Å²) in [6.45, 7) is 2.16. The Labute approximate surface area is 94.8 Å². The monoisotopic (exact) mass is 220 g/mol. The van der Waals surface area contributed by atoms with Gasteiger partial charge < -0.3 is 15.8 Å². The number of rotatable bonds is 4. The lowest BCUT2D eigenvalue weighted by Crippen LogP contribution is -2.08. The number of nitrogen functional groups attached to an aromatic ring is 1. The molecule has 0 radical (unpaired) electrons. The largest absolute Gasteiger partial charge is 0.462 e. The van der Waals surface area contributed by atoms with Gasteiger partial charge in [0.15, 0.2) is 0 Å². The Morgan fingerprint density at radius 3 is 2.88 bits per heavy atom. The molecule has 1 saturated carbocycles. The molecule has 0 atom stereocenters. The summed E-state index contributed by atoms with van der Waals surface area (Å²) in [4.78, 5) is 11.4. The molecule has 4 heteroatoms. The highest BCUT2D eigenvalue weighted by molar-refractivity contribution is 5.92. The van der Waals surface area contributed by atoms with Crippen molar-refractivity contribution in [1.29, 1.82) is 0 Å². The van der Waals surface area contributed by atoms with Crippen LogP contribution < -0.4 is 11.1 Å². The molecule has 0 aliphatic heterocycles. The van der Waals surface area contributed by atoms with Gasteiger partial charge in [-0.25, -0.2) is 4.79 Å². The Hall–Kier alpha value is -1.71. The molecule has 4 nitrogen and oxygen atoms in total. The number of anilines is 2. The van der Waals surface area contributed by atoms with Crippen LogP contribution >= 0.6 is 0 Å². The molecule has 0 bridgehead atoms. The fourth-order valence-electron chi connectivity index (χ4n) is 1.48. The molecule has 0 saturated heterocycles. The van der Waals surface area contributed by atoms with Gasteiger partial charge in [0.05, 0.1) is 23.5 Å². The van der Waals surface area contributed by atoms with E-state index in [1.807, 2.05) is 6.07 Å². The Bertz CT molecular complexity index is 400. The number of ether oxygens (including phenoxy) is 1. The summed E-state index contributed by atoms with van der Waals surface area (Å²) in [5.41, 5.74) is 7.86. The molecule has 0 spiro atoms. The first kappa shape index (κ1) is 10.8. The minimum absolute atomic E-state index is 0.327. The Kier molecular flexibility index (Phi) is 2.99. The van der Waals surface area contributed by atoms with Gasteiger partial charge in [0.25, 0.3) is 0 Å². The van der Waals surface area contributed by atoms with Gasteiger partial charge in [0.1, 0.15) is 0 Å². The Morgan fingerprint density at radius 2 is 2.31 bits per heavy atom. The van der Waals surface area contributed by atoms with E-state index in [4.69, 9.17) is 10.5 Å². The van der Waals surface area contributed by atoms with Crippen molar-refractivity contribution < 1.29 is 9.53 Å². The van der Waals surface area contributed by atoms with Crippen LogP contribution in [0, 0.1) is 0 Å². The summed E-state index contributed by atoms with van der Waals surface area (Å²) < 4.78 is 4.90. The van der Waals surface area contributed by atoms with E-state index in [0.29, 0.717) is 23.9 Å². The molecule has 0 aromatic heterocycles. The van der Waals surface area contributed by atoms with Crippen molar-refractivity contribution in [3.8, 4) is 0 Å². The van der Waals surface area contributed by atoms with Gasteiger partial charge in [0, 0.05) is 6.04 Å². The number of carbonyl (C=O) groups excluding carboxylic acids is 1. The molecule has 0 amide bonds. The minimum atomic E-state index is -0.327. The van der Waals surface area contributed by atoms with Crippen LogP contribution in [-0.4, -0.2) is 18.6 Å². The molecular formula is C12H16N2O2. The van der Waals surface area contributed by atoms with Gasteiger partial charge in [-0.2, -0.15) is 0 Å². The molecule has 1 aromatic rings. The maximum Gasteiger partial charge on any atom is 0.338 e. The third-order valence-corrected chi connectivity index (χ3v) is 2.50. The Morgan fingerprint density at radius 1 is 1.56 bits per heavy atom. The van der Waals surface area contributed by atoms with Gasteiger partial charge in [0.2, 0.25) is 0 Å². The van der Waals surface area contributed by atoms with Crippen LogP contribution in [0.2, 0.25) is 0 Å². The molecule has 86 valence electrons. The molecule has 1 aliphatic carbocycles. The zero-order valence-electron chi connectivity index (χ0n) is 9.32. The zero-order chi connectivity index (χ0) is 11.5. The second-order valence-corrected chi connectivity index (χ2v) is 3.94. The molecule has 1 aromatic carbocycles. The third kappa shape index (κ3) is 2.45. The van der Waals surface area contributed by atoms with E-state index in [9.17, 15) is 4.79 Å². The van der Waals surface area contributed by atoms with E-state index in [1.54, 1.807) is 19.1 Å². The maximum absolute atomic E-state index is 11.4. The number of esters is 1. The topological polar surface area (TPSA) is 64.3 Å². The summed E-state index contributed by atoms with van der Waals surface area (Å²) in [6.07, 6.45) is 2.39. The van der Waals surface area contributed by atoms with Crippen molar-refractivity contribution in [2.45, 2.75) is 25.8 Å². The second-order valence-electron chi connectivity index (χ2n) is 3.94. The summed E-state index contributed by atoms with van der Waals surface area (Å²) in [6, 6.07) is 5.78. The van der Waals surface area contributed by atoms with Crippen LogP contribution in [0.15, 0.2) is 18.2 Å². The lowest BCUT2D eigenvalue weighted by atomic mass is 10.1. The average Bonchev–Trinajstić information content (AvgIpc) is 3.05. The molecule has 1 fully saturated rings. The van der Waals surface area contributed by atoms with E-state index < -0.39 is 0 Å². The molecule has 3 N–H and O–H groups in total. The first-order chi connectivity index (χ1) is 7.70. The van der Waals surface area contributed by atoms with Gasteiger partial charge in [-0.15, -0.1) is 0 Å². The number of carbonyl (C=O) groups is 1. The van der Waals surface area contributed by atoms with Crippen molar-refractivity contribution in [3.63, 3.8) is 0 Å². The first-order valence-electron chi connectivity index (χ1n) is 5.54. The molecule has 2 rings (SSSR count). The molecule has 1 aliphatic rings. The molecular weight excluding hydrogens is 204 g/mol. The van der Waals surface area contributed by atoms with Crippen LogP contribution in [0.5, 0.6) is 0 Å². The smallest absolute Gasteiger partial charge is 0.338 e. The third-order valence-electron chi connectivity index (χ3n) is 2.50. The minimum Gasteiger partial charge on any atom is -0.462 e. The summed E-state index contributed by atoms with van der Waals surface area (Å²) in [7, 11) is 0. The van der Waals surface area contributed by atoms with E-state index in [-0.39, 0.29) is 5.97 Å². The average molecular weight is 220 g/mol. The van der Waals surface area contributed by atoms with Crippen molar-refractivity contribution in [2.24, 2.45) is 0 Å². The molecule has 0 heterocycles. The van der Waals surface area contributed by atoms with Crippen LogP contribution in [0.4, 0.5) is 11.4 Å². The van der Waals surface area contributed by atoms with Gasteiger partial charge >= 0.3 is 5.97 Å². The fourth-order valence-corrected chi connectivity index (χ4v) is 1.48. The van der Waals surface area contributed by atoms with Gasteiger partial charge in [-0.3, -0.25) is 0 Å². The van der Waals surface area contributed by atoms with Crippen LogP contribution in [0.25, 0.3) is 0 Å². The fraction of sp³-hybridized carbons (Fsp3) is 0.417.